The van der Waals surface area contributed by atoms with Crippen molar-refractivity contribution in [3.63, 3.8) is 0 Å². The third-order valence-corrected chi connectivity index (χ3v) is 1.93. The number of nitrogens with zero attached hydrogens (tertiary/aromatic N) is 1. The standard InChI is InChI=1S/C11H12N2O4/c1-8(6-11(14)17-2)12-9-4-3-5-10(7-9)13(15)16/h3-7,12H,1-2H3. The van der Waals surface area contributed by atoms with Gasteiger partial charge < -0.3 is 10.1 Å². The highest BCUT2D eigenvalue weighted by Gasteiger charge is 2.05. The Bertz CT molecular complexity index is 468. The molecule has 0 fully saturated rings. The third-order valence-electron chi connectivity index (χ3n) is 1.93. The molecule has 1 rings (SSSR count). The maximum absolute atomic E-state index is 10.9. The van der Waals surface area contributed by atoms with Gasteiger partial charge in [-0.3, -0.25) is 10.1 Å². The van der Waals surface area contributed by atoms with E-state index < -0.39 is 10.9 Å². The number of allylic oxidation sites excluding steroid dienone is 1. The maximum atomic E-state index is 10.9. The summed E-state index contributed by atoms with van der Waals surface area (Å²) in [4.78, 5) is 21.0. The molecular formula is C11H12N2O4. The van der Waals surface area contributed by atoms with Crippen LogP contribution in [0.1, 0.15) is 6.92 Å². The van der Waals surface area contributed by atoms with E-state index in [2.05, 4.69) is 10.1 Å². The van der Waals surface area contributed by atoms with Crippen LogP contribution in [0.15, 0.2) is 36.0 Å². The fourth-order valence-electron chi connectivity index (χ4n) is 1.20. The summed E-state index contributed by atoms with van der Waals surface area (Å²) in [6.07, 6.45) is 1.26. The lowest BCUT2D eigenvalue weighted by Crippen LogP contribution is -2.02. The summed E-state index contributed by atoms with van der Waals surface area (Å²) in [7, 11) is 1.28. The molecule has 0 radical (unpaired) electrons. The Hall–Kier alpha value is -2.37. The Morgan fingerprint density at radius 2 is 2.24 bits per heavy atom. The van der Waals surface area contributed by atoms with Gasteiger partial charge in [0.2, 0.25) is 0 Å². The number of benzene rings is 1. The molecule has 17 heavy (non-hydrogen) atoms. The number of carbonyl (C=O) groups excluding carboxylic acids is 1. The molecule has 0 saturated carbocycles. The van der Waals surface area contributed by atoms with Crippen molar-refractivity contribution in [2.75, 3.05) is 12.4 Å². The molecule has 0 aromatic heterocycles. The van der Waals surface area contributed by atoms with Crippen LogP contribution < -0.4 is 5.32 Å². The molecule has 90 valence electrons. The van der Waals surface area contributed by atoms with Gasteiger partial charge in [-0.2, -0.15) is 0 Å². The molecule has 0 atom stereocenters. The molecule has 0 spiro atoms. The molecule has 6 nitrogen and oxygen atoms in total. The molecule has 0 aliphatic rings. The second-order valence-corrected chi connectivity index (χ2v) is 3.28. The smallest absolute Gasteiger partial charge is 0.332 e. The van der Waals surface area contributed by atoms with Crippen LogP contribution in [0.3, 0.4) is 0 Å². The largest absolute Gasteiger partial charge is 0.466 e. The second-order valence-electron chi connectivity index (χ2n) is 3.28. The minimum atomic E-state index is -0.486. The molecule has 1 N–H and O–H groups in total. The van der Waals surface area contributed by atoms with Crippen LogP contribution in [0, 0.1) is 10.1 Å². The van der Waals surface area contributed by atoms with E-state index in [1.165, 1.54) is 25.3 Å². The van der Waals surface area contributed by atoms with Gasteiger partial charge >= 0.3 is 5.97 Å². The Labute approximate surface area is 98.0 Å². The quantitative estimate of drug-likeness (QED) is 0.374. The molecule has 0 unspecified atom stereocenters. The second kappa shape index (κ2) is 5.64. The molecule has 0 bridgehead atoms. The number of non-ortho nitro benzene ring substituents is 1. The lowest BCUT2D eigenvalue weighted by molar-refractivity contribution is -0.384. The lowest BCUT2D eigenvalue weighted by Gasteiger charge is -2.05. The van der Waals surface area contributed by atoms with Crippen molar-refractivity contribution in [1.82, 2.24) is 0 Å². The number of carbonyl (C=O) groups is 1. The Balaban J connectivity index is 2.81. The van der Waals surface area contributed by atoms with Crippen LogP contribution in [0.4, 0.5) is 11.4 Å². The van der Waals surface area contributed by atoms with Crippen molar-refractivity contribution in [1.29, 1.82) is 0 Å². The van der Waals surface area contributed by atoms with Gasteiger partial charge in [-0.1, -0.05) is 6.07 Å². The van der Waals surface area contributed by atoms with E-state index in [1.54, 1.807) is 19.1 Å². The first-order valence-electron chi connectivity index (χ1n) is 4.80. The average molecular weight is 236 g/mol. The first-order valence-corrected chi connectivity index (χ1v) is 4.80. The van der Waals surface area contributed by atoms with Gasteiger partial charge in [-0.25, -0.2) is 4.79 Å². The number of methoxy groups -OCH3 is 1. The highest BCUT2D eigenvalue weighted by atomic mass is 16.6. The molecule has 1 aromatic rings. The SMILES string of the molecule is COC(=O)C=C(C)Nc1cccc([N+](=O)[O-])c1. The number of anilines is 1. The summed E-state index contributed by atoms with van der Waals surface area (Å²) in [5.74, 6) is -0.486. The van der Waals surface area contributed by atoms with E-state index in [9.17, 15) is 14.9 Å². The monoisotopic (exact) mass is 236 g/mol. The molecule has 0 amide bonds. The van der Waals surface area contributed by atoms with Crippen LogP contribution >= 0.6 is 0 Å². The van der Waals surface area contributed by atoms with Gasteiger partial charge in [-0.05, 0) is 13.0 Å². The number of rotatable bonds is 4. The number of nitrogens with one attached hydrogen (secondary N) is 1. The van der Waals surface area contributed by atoms with Crippen molar-refractivity contribution in [2.45, 2.75) is 6.92 Å². The summed E-state index contributed by atoms with van der Waals surface area (Å²) < 4.78 is 4.46. The summed E-state index contributed by atoms with van der Waals surface area (Å²) in [6, 6.07) is 6.01. The van der Waals surface area contributed by atoms with Gasteiger partial charge in [0, 0.05) is 29.6 Å². The van der Waals surface area contributed by atoms with Crippen LogP contribution in [0.25, 0.3) is 0 Å². The zero-order chi connectivity index (χ0) is 12.8. The predicted molar refractivity (Wildman–Crippen MR) is 62.5 cm³/mol. The van der Waals surface area contributed by atoms with E-state index in [1.807, 2.05) is 0 Å². The zero-order valence-corrected chi connectivity index (χ0v) is 9.47. The van der Waals surface area contributed by atoms with Crippen LogP contribution in [0.5, 0.6) is 0 Å². The van der Waals surface area contributed by atoms with Crippen molar-refractivity contribution < 1.29 is 14.5 Å². The van der Waals surface area contributed by atoms with Crippen molar-refractivity contribution in [3.8, 4) is 0 Å². The number of esters is 1. The molecule has 0 saturated heterocycles. The Morgan fingerprint density at radius 3 is 2.82 bits per heavy atom. The fourth-order valence-corrected chi connectivity index (χ4v) is 1.20. The molecule has 0 aliphatic heterocycles. The fraction of sp³-hybridized carbons (Fsp3) is 0.182. The van der Waals surface area contributed by atoms with E-state index in [-0.39, 0.29) is 5.69 Å². The molecule has 6 heteroatoms. The summed E-state index contributed by atoms with van der Waals surface area (Å²) in [6.45, 7) is 1.66. The lowest BCUT2D eigenvalue weighted by atomic mass is 10.2. The molecule has 0 aliphatic carbocycles. The average Bonchev–Trinajstić information content (AvgIpc) is 2.28. The summed E-state index contributed by atoms with van der Waals surface area (Å²) >= 11 is 0. The van der Waals surface area contributed by atoms with Crippen molar-refractivity contribution >= 4 is 17.3 Å². The van der Waals surface area contributed by atoms with E-state index in [4.69, 9.17) is 0 Å². The number of hydrogen-bond acceptors (Lipinski definition) is 5. The molecule has 0 heterocycles. The van der Waals surface area contributed by atoms with Crippen molar-refractivity contribution in [2.24, 2.45) is 0 Å². The van der Waals surface area contributed by atoms with E-state index in [0.29, 0.717) is 11.4 Å². The van der Waals surface area contributed by atoms with Gasteiger partial charge in [0.1, 0.15) is 0 Å². The molecular weight excluding hydrogens is 224 g/mol. The summed E-state index contributed by atoms with van der Waals surface area (Å²) in [5.41, 5.74) is 1.06. The predicted octanol–water partition coefficient (Wildman–Crippen LogP) is 2.08. The van der Waals surface area contributed by atoms with Gasteiger partial charge in [-0.15, -0.1) is 0 Å². The summed E-state index contributed by atoms with van der Waals surface area (Å²) in [5, 5.41) is 13.4. The van der Waals surface area contributed by atoms with Crippen LogP contribution in [0.2, 0.25) is 0 Å². The van der Waals surface area contributed by atoms with Crippen LogP contribution in [-0.4, -0.2) is 18.0 Å². The van der Waals surface area contributed by atoms with Gasteiger partial charge in [0.15, 0.2) is 0 Å². The Kier molecular flexibility index (Phi) is 4.21. The zero-order valence-electron chi connectivity index (χ0n) is 9.47. The number of hydrogen-bond donors (Lipinski definition) is 1. The topological polar surface area (TPSA) is 81.5 Å². The highest BCUT2D eigenvalue weighted by Crippen LogP contribution is 2.18. The third kappa shape index (κ3) is 3.94. The highest BCUT2D eigenvalue weighted by molar-refractivity contribution is 5.83. The van der Waals surface area contributed by atoms with E-state index >= 15 is 0 Å². The number of nitro benzene ring substituents is 1. The first-order chi connectivity index (χ1) is 8.02. The van der Waals surface area contributed by atoms with E-state index in [0.717, 1.165) is 0 Å². The van der Waals surface area contributed by atoms with Gasteiger partial charge in [0.05, 0.1) is 12.0 Å². The van der Waals surface area contributed by atoms with Crippen LogP contribution in [-0.2, 0) is 9.53 Å². The molecule has 1 aromatic carbocycles. The Morgan fingerprint density at radius 1 is 1.53 bits per heavy atom. The number of ether oxygens (including phenoxy) is 1. The number of nitro groups is 1. The van der Waals surface area contributed by atoms with Gasteiger partial charge in [0.25, 0.3) is 5.69 Å². The normalized spacial score (nSPS) is 10.8. The minimum absolute atomic E-state index is 0.0131. The maximum Gasteiger partial charge on any atom is 0.332 e. The van der Waals surface area contributed by atoms with Crippen molar-refractivity contribution in [3.05, 3.63) is 46.2 Å². The minimum Gasteiger partial charge on any atom is -0.466 e. The first kappa shape index (κ1) is 12.7.